The number of benzene rings is 2. The molecule has 0 aliphatic carbocycles. The number of carboxylic acid groups (broad SMARTS) is 1. The number of hydrogen-bond acceptors (Lipinski definition) is 5. The summed E-state index contributed by atoms with van der Waals surface area (Å²) in [5.41, 5.74) is 2.13. The normalized spacial score (nSPS) is 10.4. The van der Waals surface area contributed by atoms with Crippen LogP contribution in [0.1, 0.15) is 16.2 Å². The summed E-state index contributed by atoms with van der Waals surface area (Å²) in [6.07, 6.45) is 0. The van der Waals surface area contributed by atoms with Gasteiger partial charge in [-0.05, 0) is 19.1 Å². The lowest BCUT2D eigenvalue weighted by atomic mass is 10.1. The third-order valence-corrected chi connectivity index (χ3v) is 3.41. The van der Waals surface area contributed by atoms with E-state index in [1.165, 1.54) is 12.1 Å². The third-order valence-electron chi connectivity index (χ3n) is 3.41. The van der Waals surface area contributed by atoms with Gasteiger partial charge in [-0.25, -0.2) is 14.8 Å². The Morgan fingerprint density at radius 3 is 2.46 bits per heavy atom. The zero-order chi connectivity index (χ0) is 17.1. The van der Waals surface area contributed by atoms with Crippen LogP contribution in [0.5, 0.6) is 5.75 Å². The van der Waals surface area contributed by atoms with Crippen molar-refractivity contribution < 1.29 is 15.0 Å². The number of aromatic hydroxyl groups is 1. The summed E-state index contributed by atoms with van der Waals surface area (Å²) in [4.78, 5) is 19.7. The zero-order valence-electron chi connectivity index (χ0n) is 12.9. The van der Waals surface area contributed by atoms with Crippen molar-refractivity contribution in [3.63, 3.8) is 0 Å². The molecule has 3 rings (SSSR count). The van der Waals surface area contributed by atoms with E-state index in [1.807, 2.05) is 30.3 Å². The van der Waals surface area contributed by atoms with E-state index in [4.69, 9.17) is 5.11 Å². The van der Waals surface area contributed by atoms with Crippen molar-refractivity contribution in [2.45, 2.75) is 6.92 Å². The van der Waals surface area contributed by atoms with Crippen molar-refractivity contribution >= 4 is 17.5 Å². The van der Waals surface area contributed by atoms with E-state index in [2.05, 4.69) is 15.3 Å². The predicted molar refractivity (Wildman–Crippen MR) is 90.6 cm³/mol. The second-order valence-corrected chi connectivity index (χ2v) is 5.21. The number of carboxylic acids is 1. The summed E-state index contributed by atoms with van der Waals surface area (Å²) in [5.74, 6) is -0.320. The molecule has 120 valence electrons. The SMILES string of the molecule is Cc1nc(Nc2ccc(C(=O)O)c(O)c2)cc(-c2ccccc2)n1. The predicted octanol–water partition coefficient (Wildman–Crippen LogP) is 3.60. The summed E-state index contributed by atoms with van der Waals surface area (Å²) in [6, 6.07) is 15.8. The van der Waals surface area contributed by atoms with Crippen LogP contribution in [-0.4, -0.2) is 26.2 Å². The minimum absolute atomic E-state index is 0.149. The Labute approximate surface area is 138 Å². The van der Waals surface area contributed by atoms with Crippen LogP contribution < -0.4 is 5.32 Å². The first-order chi connectivity index (χ1) is 11.5. The Balaban J connectivity index is 1.92. The van der Waals surface area contributed by atoms with Crippen LogP contribution in [0.4, 0.5) is 11.5 Å². The van der Waals surface area contributed by atoms with Gasteiger partial charge in [-0.2, -0.15) is 0 Å². The summed E-state index contributed by atoms with van der Waals surface area (Å²) < 4.78 is 0. The molecule has 0 atom stereocenters. The Bertz CT molecular complexity index is 895. The second-order valence-electron chi connectivity index (χ2n) is 5.21. The molecule has 0 unspecified atom stereocenters. The Kier molecular flexibility index (Phi) is 4.11. The van der Waals surface area contributed by atoms with Crippen LogP contribution in [0.2, 0.25) is 0 Å². The number of carbonyl (C=O) groups is 1. The third kappa shape index (κ3) is 3.33. The molecule has 6 nitrogen and oxygen atoms in total. The molecule has 0 amide bonds. The molecule has 0 aliphatic rings. The van der Waals surface area contributed by atoms with Gasteiger partial charge in [0.15, 0.2) is 0 Å². The smallest absolute Gasteiger partial charge is 0.339 e. The summed E-state index contributed by atoms with van der Waals surface area (Å²) in [5, 5.41) is 21.8. The van der Waals surface area contributed by atoms with Gasteiger partial charge in [0.25, 0.3) is 0 Å². The lowest BCUT2D eigenvalue weighted by Crippen LogP contribution is -2.00. The van der Waals surface area contributed by atoms with E-state index in [9.17, 15) is 9.90 Å². The standard InChI is InChI=1S/C18H15N3O3/c1-11-19-15(12-5-3-2-4-6-12)10-17(20-11)21-13-7-8-14(18(23)24)16(22)9-13/h2-10,22H,1H3,(H,23,24)(H,19,20,21). The van der Waals surface area contributed by atoms with E-state index in [-0.39, 0.29) is 11.3 Å². The molecule has 1 heterocycles. The molecule has 0 saturated carbocycles. The van der Waals surface area contributed by atoms with Gasteiger partial charge >= 0.3 is 5.97 Å². The van der Waals surface area contributed by atoms with Gasteiger partial charge in [-0.3, -0.25) is 0 Å². The van der Waals surface area contributed by atoms with Gasteiger partial charge in [0.05, 0.1) is 5.69 Å². The highest BCUT2D eigenvalue weighted by Crippen LogP contribution is 2.26. The molecule has 1 aromatic heterocycles. The Hall–Kier alpha value is -3.41. The first-order valence-corrected chi connectivity index (χ1v) is 7.27. The van der Waals surface area contributed by atoms with Crippen LogP contribution in [0, 0.1) is 6.92 Å². The monoisotopic (exact) mass is 321 g/mol. The number of phenols is 1. The van der Waals surface area contributed by atoms with Crippen LogP contribution >= 0.6 is 0 Å². The molecule has 0 fully saturated rings. The number of anilines is 2. The van der Waals surface area contributed by atoms with Crippen LogP contribution in [-0.2, 0) is 0 Å². The molecule has 0 spiro atoms. The van der Waals surface area contributed by atoms with Gasteiger partial charge in [-0.1, -0.05) is 30.3 Å². The largest absolute Gasteiger partial charge is 0.507 e. The fraction of sp³-hybridized carbons (Fsp3) is 0.0556. The molecular formula is C18H15N3O3. The maximum Gasteiger partial charge on any atom is 0.339 e. The quantitative estimate of drug-likeness (QED) is 0.679. The van der Waals surface area contributed by atoms with E-state index in [0.717, 1.165) is 11.3 Å². The lowest BCUT2D eigenvalue weighted by Gasteiger charge is -2.10. The zero-order valence-corrected chi connectivity index (χ0v) is 12.9. The topological polar surface area (TPSA) is 95.3 Å². The van der Waals surface area contributed by atoms with E-state index >= 15 is 0 Å². The van der Waals surface area contributed by atoms with Crippen molar-refractivity contribution in [2.24, 2.45) is 0 Å². The van der Waals surface area contributed by atoms with Gasteiger partial charge in [-0.15, -0.1) is 0 Å². The maximum atomic E-state index is 10.9. The number of aryl methyl sites for hydroxylation is 1. The number of nitrogens with one attached hydrogen (secondary N) is 1. The molecule has 0 aliphatic heterocycles. The average Bonchev–Trinajstić information content (AvgIpc) is 2.55. The fourth-order valence-corrected chi connectivity index (χ4v) is 2.33. The highest BCUT2D eigenvalue weighted by Gasteiger charge is 2.10. The van der Waals surface area contributed by atoms with Gasteiger partial charge in [0, 0.05) is 23.4 Å². The number of rotatable bonds is 4. The molecule has 2 aromatic carbocycles. The fourth-order valence-electron chi connectivity index (χ4n) is 2.33. The molecule has 0 saturated heterocycles. The molecule has 3 aromatic rings. The van der Waals surface area contributed by atoms with Crippen LogP contribution in [0.15, 0.2) is 54.6 Å². The van der Waals surface area contributed by atoms with E-state index < -0.39 is 5.97 Å². The number of aromatic carboxylic acids is 1. The van der Waals surface area contributed by atoms with Gasteiger partial charge < -0.3 is 15.5 Å². The van der Waals surface area contributed by atoms with E-state index in [1.54, 1.807) is 19.1 Å². The van der Waals surface area contributed by atoms with Crippen molar-refractivity contribution in [3.8, 4) is 17.0 Å². The van der Waals surface area contributed by atoms with Crippen molar-refractivity contribution in [1.82, 2.24) is 9.97 Å². The first kappa shape index (κ1) is 15.5. The van der Waals surface area contributed by atoms with Crippen LogP contribution in [0.25, 0.3) is 11.3 Å². The van der Waals surface area contributed by atoms with Crippen molar-refractivity contribution in [1.29, 1.82) is 0 Å². The highest BCUT2D eigenvalue weighted by atomic mass is 16.4. The molecule has 24 heavy (non-hydrogen) atoms. The van der Waals surface area contributed by atoms with Crippen LogP contribution in [0.3, 0.4) is 0 Å². The van der Waals surface area contributed by atoms with Gasteiger partial charge in [0.1, 0.15) is 23.0 Å². The summed E-state index contributed by atoms with van der Waals surface area (Å²) in [7, 11) is 0. The van der Waals surface area contributed by atoms with E-state index in [0.29, 0.717) is 17.3 Å². The molecular weight excluding hydrogens is 306 g/mol. The molecule has 3 N–H and O–H groups in total. The minimum Gasteiger partial charge on any atom is -0.507 e. The molecule has 0 radical (unpaired) electrons. The van der Waals surface area contributed by atoms with Crippen molar-refractivity contribution in [3.05, 3.63) is 66.0 Å². The minimum atomic E-state index is -1.18. The lowest BCUT2D eigenvalue weighted by molar-refractivity contribution is 0.0694. The maximum absolute atomic E-state index is 10.9. The Morgan fingerprint density at radius 1 is 1.04 bits per heavy atom. The summed E-state index contributed by atoms with van der Waals surface area (Å²) in [6.45, 7) is 1.79. The van der Waals surface area contributed by atoms with Gasteiger partial charge in [0.2, 0.25) is 0 Å². The molecule has 6 heteroatoms. The first-order valence-electron chi connectivity index (χ1n) is 7.27. The second kappa shape index (κ2) is 6.37. The average molecular weight is 321 g/mol. The Morgan fingerprint density at radius 2 is 1.79 bits per heavy atom. The van der Waals surface area contributed by atoms with Crippen molar-refractivity contribution in [2.75, 3.05) is 5.32 Å². The number of hydrogen-bond donors (Lipinski definition) is 3. The summed E-state index contributed by atoms with van der Waals surface area (Å²) >= 11 is 0. The molecule has 0 bridgehead atoms. The number of nitrogens with zero attached hydrogens (tertiary/aromatic N) is 2. The number of aromatic nitrogens is 2. The highest BCUT2D eigenvalue weighted by molar-refractivity contribution is 5.91.